The number of carbonyl (C=O) groups excluding carboxylic acids is 1. The molecule has 0 saturated heterocycles. The third-order valence-electron chi connectivity index (χ3n) is 3.37. The minimum atomic E-state index is -0.375. The molecule has 2 amide bonds. The Morgan fingerprint density at radius 3 is 2.48 bits per heavy atom. The zero-order chi connectivity index (χ0) is 18.2. The number of nitrogens with one attached hydrogen (secondary N) is 2. The second-order valence-electron chi connectivity index (χ2n) is 5.23. The molecule has 0 saturated carbocycles. The molecule has 0 bridgehead atoms. The molecule has 0 aromatic heterocycles. The van der Waals surface area contributed by atoms with E-state index in [-0.39, 0.29) is 6.03 Å². The standard InChI is InChI=1S/C18H21ClN2O4/c1-12-4-6-16(17(10-12)24-3)25-9-8-20-18(22)21-14-11-13(19)5-7-15(14)23-2/h4-7,10-11H,8-9H2,1-3H3,(H2,20,21,22). The number of aryl methyl sites for hydroxylation is 1. The van der Waals surface area contributed by atoms with Crippen molar-refractivity contribution in [1.29, 1.82) is 0 Å². The fraction of sp³-hybridized carbons (Fsp3) is 0.278. The topological polar surface area (TPSA) is 68.8 Å². The molecule has 2 rings (SSSR count). The molecule has 6 nitrogen and oxygen atoms in total. The maximum atomic E-state index is 12.0. The summed E-state index contributed by atoms with van der Waals surface area (Å²) in [7, 11) is 3.11. The number of hydrogen-bond acceptors (Lipinski definition) is 4. The quantitative estimate of drug-likeness (QED) is 0.732. The summed E-state index contributed by atoms with van der Waals surface area (Å²) < 4.78 is 16.1. The number of benzene rings is 2. The van der Waals surface area contributed by atoms with Crippen LogP contribution in [0.25, 0.3) is 0 Å². The van der Waals surface area contributed by atoms with E-state index in [1.165, 1.54) is 7.11 Å². The highest BCUT2D eigenvalue weighted by Gasteiger charge is 2.08. The highest BCUT2D eigenvalue weighted by molar-refractivity contribution is 6.31. The number of hydrogen-bond donors (Lipinski definition) is 2. The lowest BCUT2D eigenvalue weighted by atomic mass is 10.2. The van der Waals surface area contributed by atoms with Gasteiger partial charge in [0.15, 0.2) is 11.5 Å². The second kappa shape index (κ2) is 9.03. The van der Waals surface area contributed by atoms with Crippen molar-refractivity contribution in [2.45, 2.75) is 6.92 Å². The van der Waals surface area contributed by atoms with Crippen LogP contribution < -0.4 is 24.8 Å². The average Bonchev–Trinajstić information content (AvgIpc) is 2.59. The average molecular weight is 365 g/mol. The molecule has 0 aliphatic rings. The van der Waals surface area contributed by atoms with Gasteiger partial charge in [-0.3, -0.25) is 0 Å². The van der Waals surface area contributed by atoms with Crippen molar-refractivity contribution in [3.63, 3.8) is 0 Å². The summed E-state index contributed by atoms with van der Waals surface area (Å²) in [5, 5.41) is 5.90. The van der Waals surface area contributed by atoms with Gasteiger partial charge in [-0.25, -0.2) is 4.79 Å². The summed E-state index contributed by atoms with van der Waals surface area (Å²) in [4.78, 5) is 12.0. The molecule has 0 atom stereocenters. The van der Waals surface area contributed by atoms with Crippen LogP contribution >= 0.6 is 11.6 Å². The van der Waals surface area contributed by atoms with Crippen LogP contribution in [0.15, 0.2) is 36.4 Å². The molecule has 0 spiro atoms. The van der Waals surface area contributed by atoms with Crippen LogP contribution in [0.5, 0.6) is 17.2 Å². The molecule has 0 unspecified atom stereocenters. The van der Waals surface area contributed by atoms with Crippen molar-refractivity contribution in [3.05, 3.63) is 47.0 Å². The maximum absolute atomic E-state index is 12.0. The monoisotopic (exact) mass is 364 g/mol. The van der Waals surface area contributed by atoms with Gasteiger partial charge in [0.2, 0.25) is 0 Å². The maximum Gasteiger partial charge on any atom is 0.319 e. The first-order valence-corrected chi connectivity index (χ1v) is 8.07. The molecule has 7 heteroatoms. The molecular weight excluding hydrogens is 344 g/mol. The fourth-order valence-corrected chi connectivity index (χ4v) is 2.34. The Balaban J connectivity index is 1.82. The predicted octanol–water partition coefficient (Wildman–Crippen LogP) is 3.87. The van der Waals surface area contributed by atoms with E-state index in [0.717, 1.165) is 5.56 Å². The van der Waals surface area contributed by atoms with Crippen LogP contribution in [-0.2, 0) is 0 Å². The molecule has 0 aliphatic carbocycles. The van der Waals surface area contributed by atoms with E-state index in [2.05, 4.69) is 10.6 Å². The second-order valence-corrected chi connectivity index (χ2v) is 5.66. The van der Waals surface area contributed by atoms with Gasteiger partial charge >= 0.3 is 6.03 Å². The van der Waals surface area contributed by atoms with Crippen LogP contribution in [0.3, 0.4) is 0 Å². The first-order chi connectivity index (χ1) is 12.0. The SMILES string of the molecule is COc1ccc(Cl)cc1NC(=O)NCCOc1ccc(C)cc1OC. The lowest BCUT2D eigenvalue weighted by molar-refractivity contribution is 0.246. The van der Waals surface area contributed by atoms with Crippen LogP contribution in [-0.4, -0.2) is 33.4 Å². The smallest absolute Gasteiger partial charge is 0.319 e. The van der Waals surface area contributed by atoms with Gasteiger partial charge in [-0.2, -0.15) is 0 Å². The highest BCUT2D eigenvalue weighted by Crippen LogP contribution is 2.28. The van der Waals surface area contributed by atoms with E-state index in [9.17, 15) is 4.79 Å². The minimum Gasteiger partial charge on any atom is -0.495 e. The molecular formula is C18H21ClN2O4. The Bertz CT molecular complexity index is 737. The normalized spacial score (nSPS) is 10.1. The number of methoxy groups -OCH3 is 2. The van der Waals surface area contributed by atoms with E-state index in [4.69, 9.17) is 25.8 Å². The molecule has 2 N–H and O–H groups in total. The van der Waals surface area contributed by atoms with Gasteiger partial charge in [-0.05, 0) is 42.8 Å². The molecule has 25 heavy (non-hydrogen) atoms. The van der Waals surface area contributed by atoms with Gasteiger partial charge in [0.25, 0.3) is 0 Å². The van der Waals surface area contributed by atoms with Crippen molar-refractivity contribution >= 4 is 23.3 Å². The molecule has 0 fully saturated rings. The zero-order valence-corrected chi connectivity index (χ0v) is 15.1. The largest absolute Gasteiger partial charge is 0.495 e. The summed E-state index contributed by atoms with van der Waals surface area (Å²) in [5.74, 6) is 1.82. The van der Waals surface area contributed by atoms with Crippen molar-refractivity contribution in [2.75, 3.05) is 32.7 Å². The van der Waals surface area contributed by atoms with E-state index in [0.29, 0.717) is 41.1 Å². The molecule has 2 aromatic rings. The molecule has 2 aromatic carbocycles. The van der Waals surface area contributed by atoms with Gasteiger partial charge in [0.1, 0.15) is 12.4 Å². The van der Waals surface area contributed by atoms with E-state index in [1.807, 2.05) is 25.1 Å². The third-order valence-corrected chi connectivity index (χ3v) is 3.61. The number of ether oxygens (including phenoxy) is 3. The first kappa shape index (κ1) is 18.7. The van der Waals surface area contributed by atoms with Crippen LogP contribution in [0.4, 0.5) is 10.5 Å². The molecule has 0 radical (unpaired) electrons. The minimum absolute atomic E-state index is 0.305. The summed E-state index contributed by atoms with van der Waals surface area (Å²) in [6.45, 7) is 2.60. The van der Waals surface area contributed by atoms with Gasteiger partial charge in [0.05, 0.1) is 26.5 Å². The lowest BCUT2D eigenvalue weighted by Crippen LogP contribution is -2.32. The molecule has 134 valence electrons. The van der Waals surface area contributed by atoms with Crippen molar-refractivity contribution in [1.82, 2.24) is 5.32 Å². The number of rotatable bonds is 7. The van der Waals surface area contributed by atoms with Gasteiger partial charge in [0, 0.05) is 5.02 Å². The zero-order valence-electron chi connectivity index (χ0n) is 14.4. The van der Waals surface area contributed by atoms with E-state index in [1.54, 1.807) is 25.3 Å². The third kappa shape index (κ3) is 5.46. The fourth-order valence-electron chi connectivity index (χ4n) is 2.16. The Labute approximate surface area is 152 Å². The number of urea groups is 1. The Morgan fingerprint density at radius 1 is 1.04 bits per heavy atom. The van der Waals surface area contributed by atoms with Crippen LogP contribution in [0.2, 0.25) is 5.02 Å². The predicted molar refractivity (Wildman–Crippen MR) is 98.3 cm³/mol. The highest BCUT2D eigenvalue weighted by atomic mass is 35.5. The number of carbonyl (C=O) groups is 1. The number of anilines is 1. The summed E-state index contributed by atoms with van der Waals surface area (Å²) >= 11 is 5.93. The van der Waals surface area contributed by atoms with Crippen LogP contribution in [0.1, 0.15) is 5.56 Å². The van der Waals surface area contributed by atoms with Gasteiger partial charge < -0.3 is 24.8 Å². The summed E-state index contributed by atoms with van der Waals surface area (Å²) in [6, 6.07) is 10.3. The molecule has 0 heterocycles. The summed E-state index contributed by atoms with van der Waals surface area (Å²) in [5.41, 5.74) is 1.57. The van der Waals surface area contributed by atoms with Gasteiger partial charge in [-0.1, -0.05) is 17.7 Å². The Morgan fingerprint density at radius 2 is 1.76 bits per heavy atom. The lowest BCUT2D eigenvalue weighted by Gasteiger charge is -2.13. The summed E-state index contributed by atoms with van der Waals surface area (Å²) in [6.07, 6.45) is 0. The van der Waals surface area contributed by atoms with Gasteiger partial charge in [-0.15, -0.1) is 0 Å². The molecule has 0 aliphatic heterocycles. The van der Waals surface area contributed by atoms with E-state index < -0.39 is 0 Å². The van der Waals surface area contributed by atoms with E-state index >= 15 is 0 Å². The van der Waals surface area contributed by atoms with Crippen molar-refractivity contribution < 1.29 is 19.0 Å². The van der Waals surface area contributed by atoms with Crippen LogP contribution in [0, 0.1) is 6.92 Å². The Hall–Kier alpha value is -2.60. The number of halogens is 1. The Kier molecular flexibility index (Phi) is 6.77. The van der Waals surface area contributed by atoms with Crippen molar-refractivity contribution in [3.8, 4) is 17.2 Å². The number of amides is 2. The first-order valence-electron chi connectivity index (χ1n) is 7.69. The van der Waals surface area contributed by atoms with Crippen molar-refractivity contribution in [2.24, 2.45) is 0 Å².